The zero-order valence-electron chi connectivity index (χ0n) is 10.0. The molecule has 1 aliphatic rings. The van der Waals surface area contributed by atoms with Crippen LogP contribution in [0.2, 0.25) is 0 Å². The Balaban J connectivity index is 2.17. The number of aromatic nitrogens is 2. The first kappa shape index (κ1) is 10.9. The first-order valence-corrected chi connectivity index (χ1v) is 5.93. The molecule has 4 rings (SSSR count). The standard InChI is InChI=1S/C14H6N2O4/c17-12-7-3-1-2-4-8(7)13(18)11-10(12)15-9-5-6-20-14(9)16(11)19/h1-6H/p+1. The SMILES string of the molecule is O=C1c2ccccc2C(=O)c2c1[nH]c1ccoc1[n+]2=O. The molecule has 6 heteroatoms. The van der Waals surface area contributed by atoms with Gasteiger partial charge < -0.3 is 9.40 Å². The number of furan rings is 1. The summed E-state index contributed by atoms with van der Waals surface area (Å²) in [5.41, 5.74) is 0.648. The van der Waals surface area contributed by atoms with Gasteiger partial charge in [-0.2, -0.15) is 0 Å². The number of fused-ring (bicyclic) bond motifs is 3. The normalized spacial score (nSPS) is 13.4. The average molecular weight is 267 g/mol. The highest BCUT2D eigenvalue weighted by molar-refractivity contribution is 6.26. The maximum Gasteiger partial charge on any atom is 0.452 e. The molecule has 0 fully saturated rings. The number of carbonyl (C=O) groups is 2. The molecule has 0 radical (unpaired) electrons. The fourth-order valence-electron chi connectivity index (χ4n) is 2.46. The lowest BCUT2D eigenvalue weighted by molar-refractivity contribution is -0.476. The van der Waals surface area contributed by atoms with Crippen LogP contribution in [0, 0.1) is 4.91 Å². The molecule has 0 amide bonds. The predicted molar refractivity (Wildman–Crippen MR) is 67.2 cm³/mol. The third-order valence-corrected chi connectivity index (χ3v) is 3.39. The van der Waals surface area contributed by atoms with Crippen molar-refractivity contribution >= 4 is 22.8 Å². The highest BCUT2D eigenvalue weighted by atomic mass is 16.4. The Morgan fingerprint density at radius 1 is 1.00 bits per heavy atom. The molecule has 20 heavy (non-hydrogen) atoms. The van der Waals surface area contributed by atoms with E-state index in [1.165, 1.54) is 18.4 Å². The second kappa shape index (κ2) is 3.51. The molecule has 2 aromatic heterocycles. The van der Waals surface area contributed by atoms with E-state index in [0.717, 1.165) is 0 Å². The third-order valence-electron chi connectivity index (χ3n) is 3.39. The molecule has 0 spiro atoms. The van der Waals surface area contributed by atoms with Gasteiger partial charge in [0, 0.05) is 22.1 Å². The molecule has 0 aliphatic heterocycles. The molecule has 0 bridgehead atoms. The van der Waals surface area contributed by atoms with Gasteiger partial charge in [-0.05, 0) is 0 Å². The van der Waals surface area contributed by atoms with E-state index in [0.29, 0.717) is 15.5 Å². The highest BCUT2D eigenvalue weighted by Gasteiger charge is 2.40. The number of ketones is 2. The van der Waals surface area contributed by atoms with Gasteiger partial charge in [-0.1, -0.05) is 24.3 Å². The molecule has 2 heterocycles. The number of hydrogen-bond acceptors (Lipinski definition) is 4. The number of rotatable bonds is 0. The number of hydrogen-bond donors (Lipinski definition) is 1. The number of carbonyl (C=O) groups excluding carboxylic acids is 2. The second-order valence-electron chi connectivity index (χ2n) is 4.49. The van der Waals surface area contributed by atoms with Crippen molar-refractivity contribution in [3.8, 4) is 0 Å². The lowest BCUT2D eigenvalue weighted by Gasteiger charge is -2.11. The van der Waals surface area contributed by atoms with Crippen LogP contribution in [0.4, 0.5) is 0 Å². The van der Waals surface area contributed by atoms with Crippen LogP contribution in [-0.2, 0) is 0 Å². The fraction of sp³-hybridized carbons (Fsp3) is 0. The van der Waals surface area contributed by atoms with E-state index in [-0.39, 0.29) is 28.4 Å². The third kappa shape index (κ3) is 1.17. The molecule has 6 nitrogen and oxygen atoms in total. The summed E-state index contributed by atoms with van der Waals surface area (Å²) in [7, 11) is 0. The molecule has 0 saturated carbocycles. The largest absolute Gasteiger partial charge is 0.452 e. The van der Waals surface area contributed by atoms with Crippen molar-refractivity contribution in [1.82, 2.24) is 4.98 Å². The lowest BCUT2D eigenvalue weighted by atomic mass is 9.90. The van der Waals surface area contributed by atoms with Crippen molar-refractivity contribution in [1.29, 1.82) is 0 Å². The van der Waals surface area contributed by atoms with Crippen LogP contribution in [0.1, 0.15) is 32.1 Å². The minimum atomic E-state index is -0.486. The van der Waals surface area contributed by atoms with Gasteiger partial charge in [-0.3, -0.25) is 9.59 Å². The van der Waals surface area contributed by atoms with E-state index in [1.807, 2.05) is 0 Å². The van der Waals surface area contributed by atoms with Crippen molar-refractivity contribution in [2.45, 2.75) is 0 Å². The zero-order valence-corrected chi connectivity index (χ0v) is 10.0. The van der Waals surface area contributed by atoms with E-state index in [1.54, 1.807) is 18.2 Å². The quantitative estimate of drug-likeness (QED) is 0.488. The van der Waals surface area contributed by atoms with Gasteiger partial charge in [0.05, 0.1) is 0 Å². The average Bonchev–Trinajstić information content (AvgIpc) is 2.93. The van der Waals surface area contributed by atoms with Crippen LogP contribution in [0.25, 0.3) is 11.2 Å². The number of H-pyrrole nitrogens is 1. The van der Waals surface area contributed by atoms with E-state index in [2.05, 4.69) is 4.98 Å². The summed E-state index contributed by atoms with van der Waals surface area (Å²) in [4.78, 5) is 39.8. The molecular formula is C14H7N2O4+. The Morgan fingerprint density at radius 3 is 2.45 bits per heavy atom. The minimum absolute atomic E-state index is 0.00222. The molecular weight excluding hydrogens is 260 g/mol. The first-order chi connectivity index (χ1) is 9.68. The van der Waals surface area contributed by atoms with E-state index >= 15 is 0 Å². The number of nitrogens with zero attached hydrogens (tertiary/aromatic N) is 1. The summed E-state index contributed by atoms with van der Waals surface area (Å²) in [6.07, 6.45) is 1.32. The monoisotopic (exact) mass is 267 g/mol. The summed E-state index contributed by atoms with van der Waals surface area (Å²) >= 11 is 0. The Hall–Kier alpha value is -3.02. The molecule has 0 saturated heterocycles. The molecule has 3 aromatic rings. The Bertz CT molecular complexity index is 965. The van der Waals surface area contributed by atoms with Crippen LogP contribution >= 0.6 is 0 Å². The van der Waals surface area contributed by atoms with Crippen molar-refractivity contribution in [2.24, 2.45) is 0 Å². The fourth-order valence-corrected chi connectivity index (χ4v) is 2.46. The van der Waals surface area contributed by atoms with Crippen LogP contribution < -0.4 is 4.43 Å². The van der Waals surface area contributed by atoms with E-state index in [4.69, 9.17) is 4.42 Å². The van der Waals surface area contributed by atoms with Gasteiger partial charge in [0.15, 0.2) is 11.2 Å². The molecule has 0 unspecified atom stereocenters. The Kier molecular flexibility index (Phi) is 1.90. The summed E-state index contributed by atoms with van der Waals surface area (Å²) in [6.45, 7) is 0. The molecule has 1 aromatic carbocycles. The highest BCUT2D eigenvalue weighted by Crippen LogP contribution is 2.25. The Labute approximate surface area is 111 Å². The maximum absolute atomic E-state index is 12.4. The number of nitrogens with one attached hydrogen (secondary N) is 1. The zero-order chi connectivity index (χ0) is 13.9. The predicted octanol–water partition coefficient (Wildman–Crippen LogP) is 1.45. The minimum Gasteiger partial charge on any atom is -0.408 e. The van der Waals surface area contributed by atoms with Gasteiger partial charge in [-0.25, -0.2) is 0 Å². The summed E-state index contributed by atoms with van der Waals surface area (Å²) in [6, 6.07) is 7.96. The van der Waals surface area contributed by atoms with E-state index in [9.17, 15) is 14.5 Å². The van der Waals surface area contributed by atoms with Gasteiger partial charge >= 0.3 is 11.4 Å². The smallest absolute Gasteiger partial charge is 0.408 e. The maximum atomic E-state index is 12.4. The van der Waals surface area contributed by atoms with Crippen LogP contribution in [-0.4, -0.2) is 16.6 Å². The van der Waals surface area contributed by atoms with E-state index < -0.39 is 5.78 Å². The molecule has 0 atom stereocenters. The van der Waals surface area contributed by atoms with Crippen molar-refractivity contribution in [2.75, 3.05) is 0 Å². The summed E-state index contributed by atoms with van der Waals surface area (Å²) < 4.78 is 5.41. The van der Waals surface area contributed by atoms with Crippen molar-refractivity contribution < 1.29 is 18.4 Å². The van der Waals surface area contributed by atoms with Crippen LogP contribution in [0.15, 0.2) is 41.0 Å². The molecule has 1 aliphatic carbocycles. The van der Waals surface area contributed by atoms with Crippen molar-refractivity contribution in [3.05, 3.63) is 64.0 Å². The summed E-state index contributed by atoms with van der Waals surface area (Å²) in [5, 5.41) is 0. The second-order valence-corrected chi connectivity index (χ2v) is 4.49. The van der Waals surface area contributed by atoms with Gasteiger partial charge in [0.1, 0.15) is 10.7 Å². The Morgan fingerprint density at radius 2 is 1.70 bits per heavy atom. The van der Waals surface area contributed by atoms with Crippen LogP contribution in [0.5, 0.6) is 0 Å². The molecule has 1 N–H and O–H groups in total. The van der Waals surface area contributed by atoms with Crippen molar-refractivity contribution in [3.63, 3.8) is 0 Å². The first-order valence-electron chi connectivity index (χ1n) is 5.93. The van der Waals surface area contributed by atoms with Gasteiger partial charge in [-0.15, -0.1) is 0 Å². The van der Waals surface area contributed by atoms with Gasteiger partial charge in [0.2, 0.25) is 5.78 Å². The topological polar surface area (TPSA) is 86.0 Å². The summed E-state index contributed by atoms with van der Waals surface area (Å²) in [5.74, 6) is -0.859. The number of benzene rings is 1. The lowest BCUT2D eigenvalue weighted by Crippen LogP contribution is -2.35. The number of aromatic amines is 1. The van der Waals surface area contributed by atoms with Gasteiger partial charge in [0.25, 0.3) is 5.78 Å². The molecule has 96 valence electrons. The van der Waals surface area contributed by atoms with Crippen LogP contribution in [0.3, 0.4) is 0 Å².